The van der Waals surface area contributed by atoms with Crippen LogP contribution in [0.1, 0.15) is 19.4 Å². The highest BCUT2D eigenvalue weighted by molar-refractivity contribution is 6.31. The summed E-state index contributed by atoms with van der Waals surface area (Å²) in [6.07, 6.45) is 3.17. The van der Waals surface area contributed by atoms with Gasteiger partial charge in [0, 0.05) is 23.8 Å². The maximum absolute atomic E-state index is 6.28. The largest absolute Gasteiger partial charge is 0.456 e. The monoisotopic (exact) mass is 324 g/mol. The van der Waals surface area contributed by atoms with E-state index in [1.165, 1.54) is 0 Å². The van der Waals surface area contributed by atoms with Gasteiger partial charge in [-0.15, -0.1) is 0 Å². The van der Waals surface area contributed by atoms with Crippen LogP contribution in [0.3, 0.4) is 0 Å². The van der Waals surface area contributed by atoms with Crippen LogP contribution < -0.4 is 10.1 Å². The highest BCUT2D eigenvalue weighted by atomic mass is 35.5. The molecule has 0 aliphatic rings. The standard InChI is InChI=1S/C16H18Cl2N2O/c1-11(2)7-19-8-12-3-4-14(6-16(12)18)21-15-5-13(17)9-20-10-15/h3-6,9-11,19H,7-8H2,1-2H3. The van der Waals surface area contributed by atoms with Crippen molar-refractivity contribution in [1.29, 1.82) is 0 Å². The zero-order valence-corrected chi connectivity index (χ0v) is 13.6. The van der Waals surface area contributed by atoms with Crippen molar-refractivity contribution < 1.29 is 4.74 Å². The average molecular weight is 325 g/mol. The SMILES string of the molecule is CC(C)CNCc1ccc(Oc2cncc(Cl)c2)cc1Cl. The third kappa shape index (κ3) is 5.20. The minimum absolute atomic E-state index is 0.535. The summed E-state index contributed by atoms with van der Waals surface area (Å²) < 4.78 is 5.69. The van der Waals surface area contributed by atoms with E-state index in [0.29, 0.717) is 27.5 Å². The average Bonchev–Trinajstić information content (AvgIpc) is 2.41. The van der Waals surface area contributed by atoms with E-state index in [1.54, 1.807) is 24.5 Å². The lowest BCUT2D eigenvalue weighted by atomic mass is 10.2. The highest BCUT2D eigenvalue weighted by Gasteiger charge is 2.05. The molecule has 5 heteroatoms. The topological polar surface area (TPSA) is 34.1 Å². The summed E-state index contributed by atoms with van der Waals surface area (Å²) in [5.74, 6) is 1.86. The summed E-state index contributed by atoms with van der Waals surface area (Å²) >= 11 is 12.2. The maximum atomic E-state index is 6.28. The summed E-state index contributed by atoms with van der Waals surface area (Å²) in [7, 11) is 0. The van der Waals surface area contributed by atoms with Gasteiger partial charge in [0.1, 0.15) is 11.5 Å². The molecule has 0 fully saturated rings. The predicted octanol–water partition coefficient (Wildman–Crippen LogP) is 4.93. The first-order chi connectivity index (χ1) is 10.0. The van der Waals surface area contributed by atoms with Crippen molar-refractivity contribution in [3.8, 4) is 11.5 Å². The van der Waals surface area contributed by atoms with Gasteiger partial charge >= 0.3 is 0 Å². The summed E-state index contributed by atoms with van der Waals surface area (Å²) in [6, 6.07) is 7.36. The van der Waals surface area contributed by atoms with Crippen molar-refractivity contribution in [2.75, 3.05) is 6.54 Å². The Labute approximate surface area is 135 Å². The Morgan fingerprint density at radius 2 is 1.95 bits per heavy atom. The Hall–Kier alpha value is -1.29. The van der Waals surface area contributed by atoms with Crippen LogP contribution in [-0.4, -0.2) is 11.5 Å². The summed E-state index contributed by atoms with van der Waals surface area (Å²) in [5.41, 5.74) is 1.05. The first-order valence-corrected chi connectivity index (χ1v) is 7.57. The van der Waals surface area contributed by atoms with Crippen molar-refractivity contribution in [3.63, 3.8) is 0 Å². The number of aromatic nitrogens is 1. The second kappa shape index (κ2) is 7.64. The van der Waals surface area contributed by atoms with Crippen LogP contribution in [0.15, 0.2) is 36.7 Å². The third-order valence-electron chi connectivity index (χ3n) is 2.81. The van der Waals surface area contributed by atoms with Gasteiger partial charge < -0.3 is 10.1 Å². The summed E-state index contributed by atoms with van der Waals surface area (Å²) in [6.45, 7) is 6.05. The normalized spacial score (nSPS) is 10.9. The predicted molar refractivity (Wildman–Crippen MR) is 87.3 cm³/mol. The molecule has 1 heterocycles. The second-order valence-corrected chi connectivity index (χ2v) is 6.06. The van der Waals surface area contributed by atoms with E-state index in [9.17, 15) is 0 Å². The van der Waals surface area contributed by atoms with Gasteiger partial charge in [0.05, 0.1) is 11.2 Å². The molecule has 0 amide bonds. The van der Waals surface area contributed by atoms with E-state index in [0.717, 1.165) is 18.7 Å². The van der Waals surface area contributed by atoms with Gasteiger partial charge in [-0.25, -0.2) is 0 Å². The molecule has 1 aromatic carbocycles. The van der Waals surface area contributed by atoms with Crippen LogP contribution >= 0.6 is 23.2 Å². The maximum Gasteiger partial charge on any atom is 0.147 e. The number of hydrogen-bond donors (Lipinski definition) is 1. The lowest BCUT2D eigenvalue weighted by Gasteiger charge is -2.11. The van der Waals surface area contributed by atoms with Gasteiger partial charge in [-0.3, -0.25) is 4.98 Å². The Bertz CT molecular complexity index is 603. The number of ether oxygens (including phenoxy) is 1. The summed E-state index contributed by atoms with van der Waals surface area (Å²) in [5, 5.41) is 4.58. The van der Waals surface area contributed by atoms with Gasteiger partial charge in [0.15, 0.2) is 0 Å². The molecule has 0 atom stereocenters. The van der Waals surface area contributed by atoms with Crippen molar-refractivity contribution in [1.82, 2.24) is 10.3 Å². The molecule has 112 valence electrons. The molecule has 0 unspecified atom stereocenters. The van der Waals surface area contributed by atoms with Crippen molar-refractivity contribution >= 4 is 23.2 Å². The van der Waals surface area contributed by atoms with Crippen molar-refractivity contribution in [2.45, 2.75) is 20.4 Å². The highest BCUT2D eigenvalue weighted by Crippen LogP contribution is 2.27. The van der Waals surface area contributed by atoms with E-state index in [2.05, 4.69) is 24.1 Å². The van der Waals surface area contributed by atoms with Crippen molar-refractivity contribution in [2.24, 2.45) is 5.92 Å². The number of nitrogens with zero attached hydrogens (tertiary/aromatic N) is 1. The van der Waals surface area contributed by atoms with Gasteiger partial charge in [0.25, 0.3) is 0 Å². The molecule has 0 radical (unpaired) electrons. The van der Waals surface area contributed by atoms with Gasteiger partial charge in [-0.05, 0) is 30.2 Å². The van der Waals surface area contributed by atoms with Crippen LogP contribution in [-0.2, 0) is 6.54 Å². The van der Waals surface area contributed by atoms with Gasteiger partial charge in [-0.1, -0.05) is 43.1 Å². The first kappa shape index (κ1) is 16.1. The Morgan fingerprint density at radius 3 is 2.62 bits per heavy atom. The molecular weight excluding hydrogens is 307 g/mol. The lowest BCUT2D eigenvalue weighted by molar-refractivity contribution is 0.480. The van der Waals surface area contributed by atoms with E-state index >= 15 is 0 Å². The number of halogens is 2. The minimum atomic E-state index is 0.535. The molecule has 1 aromatic heterocycles. The molecule has 0 saturated carbocycles. The molecule has 0 saturated heterocycles. The first-order valence-electron chi connectivity index (χ1n) is 6.82. The Balaban J connectivity index is 2.01. The van der Waals surface area contributed by atoms with E-state index in [-0.39, 0.29) is 0 Å². The zero-order valence-electron chi connectivity index (χ0n) is 12.1. The molecule has 2 aromatic rings. The zero-order chi connectivity index (χ0) is 15.2. The molecule has 0 bridgehead atoms. The number of benzene rings is 1. The molecular formula is C16H18Cl2N2O. The Morgan fingerprint density at radius 1 is 1.14 bits per heavy atom. The Kier molecular flexibility index (Phi) is 5.85. The van der Waals surface area contributed by atoms with Crippen LogP contribution in [0.4, 0.5) is 0 Å². The number of pyridine rings is 1. The molecule has 0 aliphatic carbocycles. The van der Waals surface area contributed by atoms with Crippen LogP contribution in [0, 0.1) is 5.92 Å². The fraction of sp³-hybridized carbons (Fsp3) is 0.312. The lowest BCUT2D eigenvalue weighted by Crippen LogP contribution is -2.19. The van der Waals surface area contributed by atoms with Crippen LogP contribution in [0.5, 0.6) is 11.5 Å². The minimum Gasteiger partial charge on any atom is -0.456 e. The van der Waals surface area contributed by atoms with Gasteiger partial charge in [0.2, 0.25) is 0 Å². The third-order valence-corrected chi connectivity index (χ3v) is 3.37. The smallest absolute Gasteiger partial charge is 0.147 e. The van der Waals surface area contributed by atoms with Crippen LogP contribution in [0.2, 0.25) is 10.0 Å². The number of nitrogens with one attached hydrogen (secondary N) is 1. The van der Waals surface area contributed by atoms with Crippen LogP contribution in [0.25, 0.3) is 0 Å². The number of hydrogen-bond acceptors (Lipinski definition) is 3. The quantitative estimate of drug-likeness (QED) is 0.818. The van der Waals surface area contributed by atoms with E-state index in [1.807, 2.05) is 12.1 Å². The fourth-order valence-electron chi connectivity index (χ4n) is 1.81. The molecule has 21 heavy (non-hydrogen) atoms. The molecule has 3 nitrogen and oxygen atoms in total. The fourth-order valence-corrected chi connectivity index (χ4v) is 2.22. The van der Waals surface area contributed by atoms with Gasteiger partial charge in [-0.2, -0.15) is 0 Å². The number of rotatable bonds is 6. The molecule has 0 aliphatic heterocycles. The summed E-state index contributed by atoms with van der Waals surface area (Å²) in [4.78, 5) is 3.98. The van der Waals surface area contributed by atoms with Crippen molar-refractivity contribution in [3.05, 3.63) is 52.3 Å². The second-order valence-electron chi connectivity index (χ2n) is 5.22. The molecule has 1 N–H and O–H groups in total. The van der Waals surface area contributed by atoms with E-state index in [4.69, 9.17) is 27.9 Å². The molecule has 2 rings (SSSR count). The van der Waals surface area contributed by atoms with E-state index < -0.39 is 0 Å². The molecule has 0 spiro atoms.